The van der Waals surface area contributed by atoms with E-state index in [0.717, 1.165) is 25.5 Å². The van der Waals surface area contributed by atoms with Gasteiger partial charge in [0.1, 0.15) is 12.4 Å². The smallest absolute Gasteiger partial charge is 0.308 e. The standard InChI is InChI=1S/C32H50O5/c1-8-21(35)17-28(36)37-27-18-26-30(5)15-10-14-29(4,9-2)24(30)13-16-31(26,6)25-12-11-22(20(3)34)23(19-33)32(25,27)7/h11,19,21,23-27,35H,8-10,12-18H2,1-7H3/t21-,23+,24+,25+,26-,27-,29+,30+,31+,32-/m1/s1. The second-order valence-corrected chi connectivity index (χ2v) is 14.0. The minimum absolute atomic E-state index is 0.00207. The van der Waals surface area contributed by atoms with Crippen LogP contribution in [0.1, 0.15) is 113 Å². The summed E-state index contributed by atoms with van der Waals surface area (Å²) in [6, 6.07) is 0. The average molecular weight is 515 g/mol. The maximum Gasteiger partial charge on any atom is 0.308 e. The number of esters is 1. The third kappa shape index (κ3) is 4.26. The van der Waals surface area contributed by atoms with Gasteiger partial charge < -0.3 is 14.6 Å². The van der Waals surface area contributed by atoms with Crippen molar-refractivity contribution in [3.8, 4) is 0 Å². The molecule has 3 saturated carbocycles. The normalized spacial score (nSPS) is 45.9. The molecular formula is C32H50O5. The Morgan fingerprint density at radius 1 is 1.08 bits per heavy atom. The van der Waals surface area contributed by atoms with E-state index in [1.807, 2.05) is 13.0 Å². The van der Waals surface area contributed by atoms with Gasteiger partial charge >= 0.3 is 5.97 Å². The van der Waals surface area contributed by atoms with Crippen LogP contribution in [0.25, 0.3) is 0 Å². The van der Waals surface area contributed by atoms with Gasteiger partial charge in [-0.15, -0.1) is 0 Å². The Kier molecular flexibility index (Phi) is 7.64. The van der Waals surface area contributed by atoms with E-state index in [2.05, 4.69) is 34.6 Å². The molecule has 10 atom stereocenters. The molecule has 4 rings (SSSR count). The van der Waals surface area contributed by atoms with E-state index in [1.165, 1.54) is 39.0 Å². The number of hydrogen-bond donors (Lipinski definition) is 1. The molecule has 0 aromatic rings. The number of rotatable bonds is 7. The number of fused-ring (bicyclic) bond motifs is 5. The molecule has 0 spiro atoms. The van der Waals surface area contributed by atoms with Crippen LogP contribution in [0.4, 0.5) is 0 Å². The molecular weight excluding hydrogens is 464 g/mol. The van der Waals surface area contributed by atoms with Crippen molar-refractivity contribution in [2.75, 3.05) is 0 Å². The van der Waals surface area contributed by atoms with Crippen molar-refractivity contribution in [1.29, 1.82) is 0 Å². The van der Waals surface area contributed by atoms with E-state index in [-0.39, 0.29) is 29.0 Å². The molecule has 0 unspecified atom stereocenters. The van der Waals surface area contributed by atoms with Gasteiger partial charge in [0.05, 0.1) is 18.4 Å². The fraction of sp³-hybridized carbons (Fsp3) is 0.844. The zero-order chi connectivity index (χ0) is 27.4. The highest BCUT2D eigenvalue weighted by molar-refractivity contribution is 5.97. The number of Topliss-reactive ketones (excluding diaryl/α,β-unsaturated/α-hetero) is 1. The van der Waals surface area contributed by atoms with Crippen molar-refractivity contribution in [3.63, 3.8) is 0 Å². The van der Waals surface area contributed by atoms with Crippen molar-refractivity contribution in [2.45, 2.75) is 125 Å². The van der Waals surface area contributed by atoms with E-state index >= 15 is 0 Å². The highest BCUT2D eigenvalue weighted by atomic mass is 16.5. The highest BCUT2D eigenvalue weighted by Gasteiger charge is 2.69. The van der Waals surface area contributed by atoms with Crippen LogP contribution in [0.15, 0.2) is 11.6 Å². The highest BCUT2D eigenvalue weighted by Crippen LogP contribution is 2.73. The predicted molar refractivity (Wildman–Crippen MR) is 145 cm³/mol. The molecule has 0 aromatic carbocycles. The van der Waals surface area contributed by atoms with Gasteiger partial charge in [0.2, 0.25) is 0 Å². The monoisotopic (exact) mass is 514 g/mol. The molecule has 37 heavy (non-hydrogen) atoms. The number of aliphatic hydroxyl groups is 1. The van der Waals surface area contributed by atoms with Crippen LogP contribution in [-0.2, 0) is 19.1 Å². The van der Waals surface area contributed by atoms with Crippen LogP contribution in [-0.4, -0.2) is 35.4 Å². The van der Waals surface area contributed by atoms with Crippen LogP contribution in [0, 0.1) is 45.3 Å². The average Bonchev–Trinajstić information content (AvgIpc) is 2.84. The van der Waals surface area contributed by atoms with Crippen LogP contribution in [0.2, 0.25) is 0 Å². The third-order valence-electron chi connectivity index (χ3n) is 12.4. The van der Waals surface area contributed by atoms with Gasteiger partial charge in [-0.25, -0.2) is 0 Å². The maximum atomic E-state index is 13.1. The lowest BCUT2D eigenvalue weighted by Crippen LogP contribution is -2.67. The Hall–Kier alpha value is -1.49. The minimum atomic E-state index is -0.731. The van der Waals surface area contributed by atoms with E-state index in [0.29, 0.717) is 29.2 Å². The fourth-order valence-corrected chi connectivity index (χ4v) is 10.2. The lowest BCUT2D eigenvalue weighted by molar-refractivity contribution is -0.240. The number of ether oxygens (including phenoxy) is 1. The molecule has 4 aliphatic rings. The second kappa shape index (κ2) is 9.92. The molecule has 0 saturated heterocycles. The summed E-state index contributed by atoms with van der Waals surface area (Å²) in [5, 5.41) is 10.2. The van der Waals surface area contributed by atoms with E-state index in [1.54, 1.807) is 0 Å². The summed E-state index contributed by atoms with van der Waals surface area (Å²) >= 11 is 0. The first kappa shape index (κ1) is 28.5. The lowest BCUT2D eigenvalue weighted by atomic mass is 9.34. The molecule has 3 fully saturated rings. The molecule has 5 heteroatoms. The molecule has 5 nitrogen and oxygen atoms in total. The molecule has 0 amide bonds. The predicted octanol–water partition coefficient (Wildman–Crippen LogP) is 6.46. The van der Waals surface area contributed by atoms with Gasteiger partial charge in [-0.3, -0.25) is 9.59 Å². The molecule has 0 radical (unpaired) electrons. The molecule has 0 bridgehead atoms. The van der Waals surface area contributed by atoms with Crippen LogP contribution < -0.4 is 0 Å². The number of ketones is 1. The van der Waals surface area contributed by atoms with Crippen LogP contribution in [0.5, 0.6) is 0 Å². The first-order valence-corrected chi connectivity index (χ1v) is 14.9. The summed E-state index contributed by atoms with van der Waals surface area (Å²) in [6.07, 6.45) is 10.9. The zero-order valence-electron chi connectivity index (χ0n) is 24.3. The van der Waals surface area contributed by atoms with Gasteiger partial charge in [-0.05, 0) is 85.9 Å². The van der Waals surface area contributed by atoms with Crippen molar-refractivity contribution < 1.29 is 24.2 Å². The van der Waals surface area contributed by atoms with E-state index < -0.39 is 29.5 Å². The molecule has 4 aliphatic carbocycles. The van der Waals surface area contributed by atoms with E-state index in [4.69, 9.17) is 4.74 Å². The van der Waals surface area contributed by atoms with Gasteiger partial charge in [-0.2, -0.15) is 0 Å². The largest absolute Gasteiger partial charge is 0.462 e. The Morgan fingerprint density at radius 2 is 1.76 bits per heavy atom. The summed E-state index contributed by atoms with van der Waals surface area (Å²) in [5.41, 5.74) is 0.388. The number of carbonyl (C=O) groups is 3. The van der Waals surface area contributed by atoms with Crippen molar-refractivity contribution in [1.82, 2.24) is 0 Å². The maximum absolute atomic E-state index is 13.1. The summed E-state index contributed by atoms with van der Waals surface area (Å²) in [6.45, 7) is 15.3. The summed E-state index contributed by atoms with van der Waals surface area (Å²) in [4.78, 5) is 38.4. The van der Waals surface area contributed by atoms with Gasteiger partial charge in [0.15, 0.2) is 5.78 Å². The van der Waals surface area contributed by atoms with E-state index in [9.17, 15) is 19.5 Å². The number of aldehydes is 1. The number of hydrogen-bond acceptors (Lipinski definition) is 5. The number of carbonyl (C=O) groups excluding carboxylic acids is 3. The fourth-order valence-electron chi connectivity index (χ4n) is 10.2. The molecule has 0 aromatic heterocycles. The van der Waals surface area contributed by atoms with Crippen molar-refractivity contribution in [3.05, 3.63) is 11.6 Å². The van der Waals surface area contributed by atoms with Crippen LogP contribution in [0.3, 0.4) is 0 Å². The summed E-state index contributed by atoms with van der Waals surface area (Å²) < 4.78 is 6.30. The number of aliphatic hydroxyl groups excluding tert-OH is 1. The van der Waals surface area contributed by atoms with Crippen molar-refractivity contribution >= 4 is 18.0 Å². The van der Waals surface area contributed by atoms with Crippen LogP contribution >= 0.6 is 0 Å². The second-order valence-electron chi connectivity index (χ2n) is 14.0. The van der Waals surface area contributed by atoms with Crippen molar-refractivity contribution in [2.24, 2.45) is 45.3 Å². The zero-order valence-corrected chi connectivity index (χ0v) is 24.3. The third-order valence-corrected chi connectivity index (χ3v) is 12.4. The first-order chi connectivity index (χ1) is 17.3. The topological polar surface area (TPSA) is 80.7 Å². The Balaban J connectivity index is 1.82. The van der Waals surface area contributed by atoms with Gasteiger partial charge in [0, 0.05) is 11.0 Å². The molecule has 0 aliphatic heterocycles. The summed E-state index contributed by atoms with van der Waals surface area (Å²) in [5.74, 6) is 0.0831. The molecule has 1 N–H and O–H groups in total. The SMILES string of the molecule is CC[C@@H](O)CC(=O)O[C@@H]1C[C@@H]2[C@@]3(C)CCC[C@](C)(CC)[C@@H]3CC[C@@]2(C)[C@@H]2CC=C(C(C)=O)[C@H](C=O)[C@@]12C. The minimum Gasteiger partial charge on any atom is -0.462 e. The molecule has 208 valence electrons. The Morgan fingerprint density at radius 3 is 2.35 bits per heavy atom. The summed E-state index contributed by atoms with van der Waals surface area (Å²) in [7, 11) is 0. The first-order valence-electron chi connectivity index (χ1n) is 14.9. The van der Waals surface area contributed by atoms with Gasteiger partial charge in [-0.1, -0.05) is 60.5 Å². The quantitative estimate of drug-likeness (QED) is 0.311. The van der Waals surface area contributed by atoms with Gasteiger partial charge in [0.25, 0.3) is 0 Å². The Labute approximate surface area is 224 Å². The lowest BCUT2D eigenvalue weighted by Gasteiger charge is -2.70. The molecule has 0 heterocycles. The number of allylic oxidation sites excluding steroid dienone is 2. The Bertz CT molecular complexity index is 955.